The molecule has 1 aromatic carbocycles. The second kappa shape index (κ2) is 4.81. The van der Waals surface area contributed by atoms with Crippen LogP contribution in [-0.4, -0.2) is 25.4 Å². The van der Waals surface area contributed by atoms with Crippen LogP contribution in [0.2, 0.25) is 0 Å². The third-order valence-corrected chi connectivity index (χ3v) is 1.79. The van der Waals surface area contributed by atoms with E-state index in [1.165, 1.54) is 13.2 Å². The lowest BCUT2D eigenvalue weighted by Gasteiger charge is -2.10. The van der Waals surface area contributed by atoms with E-state index in [1.54, 1.807) is 13.0 Å². The van der Waals surface area contributed by atoms with Gasteiger partial charge in [0.2, 0.25) is 0 Å². The van der Waals surface area contributed by atoms with Crippen molar-refractivity contribution in [2.24, 2.45) is 0 Å². The van der Waals surface area contributed by atoms with E-state index in [-0.39, 0.29) is 19.0 Å². The van der Waals surface area contributed by atoms with Crippen LogP contribution in [0.5, 0.6) is 11.5 Å². The summed E-state index contributed by atoms with van der Waals surface area (Å²) in [4.78, 5) is 0. The smallest absolute Gasteiger partial charge is 0.164 e. The average molecular weight is 200 g/mol. The van der Waals surface area contributed by atoms with Crippen molar-refractivity contribution in [2.45, 2.75) is 6.92 Å². The van der Waals surface area contributed by atoms with Crippen molar-refractivity contribution in [2.75, 3.05) is 20.3 Å². The van der Waals surface area contributed by atoms with Crippen molar-refractivity contribution in [1.82, 2.24) is 0 Å². The van der Waals surface area contributed by atoms with Crippen molar-refractivity contribution < 1.29 is 19.0 Å². The van der Waals surface area contributed by atoms with Gasteiger partial charge in [-0.1, -0.05) is 0 Å². The zero-order valence-corrected chi connectivity index (χ0v) is 8.21. The number of aliphatic hydroxyl groups excluding tert-OH is 1. The van der Waals surface area contributed by atoms with Gasteiger partial charge in [-0.05, 0) is 18.6 Å². The van der Waals surface area contributed by atoms with E-state index in [0.717, 1.165) is 0 Å². The first-order valence-electron chi connectivity index (χ1n) is 4.27. The SMILES string of the molecule is COc1cc(C)c(F)cc1OCCO. The minimum atomic E-state index is -0.348. The quantitative estimate of drug-likeness (QED) is 0.800. The van der Waals surface area contributed by atoms with Crippen LogP contribution in [0.25, 0.3) is 0 Å². The molecule has 0 aliphatic carbocycles. The molecule has 0 heterocycles. The van der Waals surface area contributed by atoms with Crippen LogP contribution in [0.15, 0.2) is 12.1 Å². The summed E-state index contributed by atoms with van der Waals surface area (Å²) >= 11 is 0. The van der Waals surface area contributed by atoms with Gasteiger partial charge in [0.05, 0.1) is 13.7 Å². The summed E-state index contributed by atoms with van der Waals surface area (Å²) in [6.45, 7) is 1.66. The lowest BCUT2D eigenvalue weighted by atomic mass is 10.2. The topological polar surface area (TPSA) is 38.7 Å². The van der Waals surface area contributed by atoms with Gasteiger partial charge in [-0.3, -0.25) is 0 Å². The Hall–Kier alpha value is -1.29. The summed E-state index contributed by atoms with van der Waals surface area (Å²) in [5.41, 5.74) is 0.498. The van der Waals surface area contributed by atoms with Gasteiger partial charge in [0.25, 0.3) is 0 Å². The molecular weight excluding hydrogens is 187 g/mol. The van der Waals surface area contributed by atoms with E-state index in [4.69, 9.17) is 14.6 Å². The zero-order chi connectivity index (χ0) is 10.6. The molecule has 0 aromatic heterocycles. The summed E-state index contributed by atoms with van der Waals surface area (Å²) in [5, 5.41) is 8.56. The summed E-state index contributed by atoms with van der Waals surface area (Å²) in [7, 11) is 1.48. The first kappa shape index (κ1) is 10.8. The van der Waals surface area contributed by atoms with Crippen molar-refractivity contribution in [3.8, 4) is 11.5 Å². The highest BCUT2D eigenvalue weighted by atomic mass is 19.1. The monoisotopic (exact) mass is 200 g/mol. The standard InChI is InChI=1S/C10H13FO3/c1-7-5-9(13-2)10(6-8(7)11)14-4-3-12/h5-6,12H,3-4H2,1-2H3. The maximum absolute atomic E-state index is 13.1. The number of benzene rings is 1. The minimum absolute atomic E-state index is 0.112. The first-order valence-corrected chi connectivity index (χ1v) is 4.27. The average Bonchev–Trinajstić information content (AvgIpc) is 2.19. The summed E-state index contributed by atoms with van der Waals surface area (Å²) in [6, 6.07) is 2.81. The molecule has 3 nitrogen and oxygen atoms in total. The number of aliphatic hydroxyl groups is 1. The highest BCUT2D eigenvalue weighted by Crippen LogP contribution is 2.29. The third-order valence-electron chi connectivity index (χ3n) is 1.79. The normalized spacial score (nSPS) is 10.0. The van der Waals surface area contributed by atoms with Crippen LogP contribution in [-0.2, 0) is 0 Å². The lowest BCUT2D eigenvalue weighted by Crippen LogP contribution is -2.03. The fraction of sp³-hybridized carbons (Fsp3) is 0.400. The fourth-order valence-electron chi connectivity index (χ4n) is 1.06. The summed E-state index contributed by atoms with van der Waals surface area (Å²) in [5.74, 6) is 0.431. The van der Waals surface area contributed by atoms with Gasteiger partial charge in [-0.2, -0.15) is 0 Å². The van der Waals surface area contributed by atoms with Gasteiger partial charge in [-0.25, -0.2) is 4.39 Å². The number of methoxy groups -OCH3 is 1. The Kier molecular flexibility index (Phi) is 3.71. The second-order valence-corrected chi connectivity index (χ2v) is 2.82. The maximum atomic E-state index is 13.1. The number of aryl methyl sites for hydroxylation is 1. The molecule has 1 rings (SSSR count). The first-order chi connectivity index (χ1) is 6.69. The van der Waals surface area contributed by atoms with Crippen LogP contribution in [0.1, 0.15) is 5.56 Å². The highest BCUT2D eigenvalue weighted by Gasteiger charge is 2.08. The van der Waals surface area contributed by atoms with Crippen LogP contribution in [0.4, 0.5) is 4.39 Å². The Morgan fingerprint density at radius 3 is 2.64 bits per heavy atom. The van der Waals surface area contributed by atoms with E-state index < -0.39 is 0 Å². The number of hydrogen-bond donors (Lipinski definition) is 1. The molecule has 0 fully saturated rings. The number of halogens is 1. The molecule has 78 valence electrons. The Labute approximate surface area is 82.1 Å². The molecule has 0 bridgehead atoms. The van der Waals surface area contributed by atoms with Gasteiger partial charge in [0.15, 0.2) is 11.5 Å². The number of hydrogen-bond acceptors (Lipinski definition) is 3. The largest absolute Gasteiger partial charge is 0.493 e. The van der Waals surface area contributed by atoms with E-state index >= 15 is 0 Å². The Balaban J connectivity index is 2.95. The lowest BCUT2D eigenvalue weighted by molar-refractivity contribution is 0.196. The fourth-order valence-corrected chi connectivity index (χ4v) is 1.06. The molecule has 14 heavy (non-hydrogen) atoms. The maximum Gasteiger partial charge on any atom is 0.164 e. The van der Waals surface area contributed by atoms with E-state index in [0.29, 0.717) is 17.1 Å². The van der Waals surface area contributed by atoms with Gasteiger partial charge in [-0.15, -0.1) is 0 Å². The molecule has 0 saturated carbocycles. The predicted molar refractivity (Wildman–Crippen MR) is 50.3 cm³/mol. The molecule has 0 aliphatic rings. The van der Waals surface area contributed by atoms with Crippen LogP contribution >= 0.6 is 0 Å². The molecule has 0 amide bonds. The minimum Gasteiger partial charge on any atom is -0.493 e. The van der Waals surface area contributed by atoms with Crippen LogP contribution < -0.4 is 9.47 Å². The van der Waals surface area contributed by atoms with E-state index in [9.17, 15) is 4.39 Å². The molecular formula is C10H13FO3. The molecule has 0 radical (unpaired) electrons. The molecule has 0 saturated heterocycles. The molecule has 1 N–H and O–H groups in total. The third kappa shape index (κ3) is 2.35. The highest BCUT2D eigenvalue weighted by molar-refractivity contribution is 5.43. The predicted octanol–water partition coefficient (Wildman–Crippen LogP) is 1.51. The zero-order valence-electron chi connectivity index (χ0n) is 8.21. The van der Waals surface area contributed by atoms with Crippen molar-refractivity contribution in [1.29, 1.82) is 0 Å². The van der Waals surface area contributed by atoms with Crippen molar-refractivity contribution in [3.63, 3.8) is 0 Å². The van der Waals surface area contributed by atoms with Crippen LogP contribution in [0, 0.1) is 12.7 Å². The second-order valence-electron chi connectivity index (χ2n) is 2.82. The number of rotatable bonds is 4. The molecule has 0 aliphatic heterocycles. The van der Waals surface area contributed by atoms with Crippen molar-refractivity contribution in [3.05, 3.63) is 23.5 Å². The Morgan fingerprint density at radius 2 is 2.07 bits per heavy atom. The van der Waals surface area contributed by atoms with Gasteiger partial charge >= 0.3 is 0 Å². The Morgan fingerprint density at radius 1 is 1.36 bits per heavy atom. The van der Waals surface area contributed by atoms with Gasteiger partial charge < -0.3 is 14.6 Å². The summed E-state index contributed by atoms with van der Waals surface area (Å²) < 4.78 is 23.2. The molecule has 0 unspecified atom stereocenters. The molecule has 0 atom stereocenters. The molecule has 0 spiro atoms. The van der Waals surface area contributed by atoms with Gasteiger partial charge in [0, 0.05) is 6.07 Å². The van der Waals surface area contributed by atoms with Gasteiger partial charge in [0.1, 0.15) is 12.4 Å². The van der Waals surface area contributed by atoms with E-state index in [1.807, 2.05) is 0 Å². The number of ether oxygens (including phenoxy) is 2. The van der Waals surface area contributed by atoms with Crippen LogP contribution in [0.3, 0.4) is 0 Å². The summed E-state index contributed by atoms with van der Waals surface area (Å²) in [6.07, 6.45) is 0. The molecule has 4 heteroatoms. The van der Waals surface area contributed by atoms with E-state index in [2.05, 4.69) is 0 Å². The van der Waals surface area contributed by atoms with Crippen molar-refractivity contribution >= 4 is 0 Å². The Bertz CT molecular complexity index is 312. The molecule has 1 aromatic rings.